The first kappa shape index (κ1) is 15.3. The molecule has 0 atom stereocenters. The largest absolute Gasteiger partial charge is 0.481 e. The van der Waals surface area contributed by atoms with E-state index in [2.05, 4.69) is 15.0 Å². The van der Waals surface area contributed by atoms with Gasteiger partial charge in [-0.25, -0.2) is 9.78 Å². The standard InChI is InChI=1S/C15H20N2O4/c1-21-14(20)12-9-11(5-8-16-12)17-15(10-13(18)19)6-3-2-4-7-15/h5,8-9H,2-4,6-7,10H2,1H3,(H,16,17)(H,18,19). The Morgan fingerprint density at radius 3 is 2.71 bits per heavy atom. The van der Waals surface area contributed by atoms with Gasteiger partial charge in [-0.05, 0) is 25.0 Å². The fraction of sp³-hybridized carbons (Fsp3) is 0.533. The van der Waals surface area contributed by atoms with Gasteiger partial charge in [0, 0.05) is 17.4 Å². The summed E-state index contributed by atoms with van der Waals surface area (Å²) >= 11 is 0. The average Bonchev–Trinajstić information content (AvgIpc) is 2.46. The van der Waals surface area contributed by atoms with Crippen molar-refractivity contribution in [3.63, 3.8) is 0 Å². The number of ether oxygens (including phenoxy) is 1. The fourth-order valence-corrected chi connectivity index (χ4v) is 2.89. The van der Waals surface area contributed by atoms with Gasteiger partial charge in [0.05, 0.1) is 13.5 Å². The predicted molar refractivity (Wildman–Crippen MR) is 77.3 cm³/mol. The van der Waals surface area contributed by atoms with Crippen molar-refractivity contribution >= 4 is 17.6 Å². The minimum Gasteiger partial charge on any atom is -0.481 e. The zero-order valence-electron chi connectivity index (χ0n) is 12.1. The second-order valence-electron chi connectivity index (χ2n) is 5.46. The second-order valence-corrected chi connectivity index (χ2v) is 5.46. The highest BCUT2D eigenvalue weighted by molar-refractivity contribution is 5.88. The zero-order valence-corrected chi connectivity index (χ0v) is 12.1. The molecular weight excluding hydrogens is 272 g/mol. The maximum Gasteiger partial charge on any atom is 0.356 e. The molecule has 2 N–H and O–H groups in total. The molecule has 1 aliphatic carbocycles. The number of esters is 1. The molecule has 0 radical (unpaired) electrons. The van der Waals surface area contributed by atoms with Crippen LogP contribution in [0.25, 0.3) is 0 Å². The van der Waals surface area contributed by atoms with Crippen LogP contribution in [-0.2, 0) is 9.53 Å². The summed E-state index contributed by atoms with van der Waals surface area (Å²) in [6.45, 7) is 0. The number of hydrogen-bond donors (Lipinski definition) is 2. The number of carboxylic acid groups (broad SMARTS) is 1. The Bertz CT molecular complexity index is 524. The SMILES string of the molecule is COC(=O)c1cc(NC2(CC(=O)O)CCCCC2)ccn1. The number of nitrogens with one attached hydrogen (secondary N) is 1. The Morgan fingerprint density at radius 1 is 1.38 bits per heavy atom. The molecular formula is C15H20N2O4. The summed E-state index contributed by atoms with van der Waals surface area (Å²) in [6, 6.07) is 3.34. The summed E-state index contributed by atoms with van der Waals surface area (Å²) in [4.78, 5) is 26.6. The number of hydrogen-bond acceptors (Lipinski definition) is 5. The lowest BCUT2D eigenvalue weighted by Crippen LogP contribution is -2.42. The lowest BCUT2D eigenvalue weighted by Gasteiger charge is -2.38. The number of carbonyl (C=O) groups excluding carboxylic acids is 1. The first-order valence-electron chi connectivity index (χ1n) is 7.09. The van der Waals surface area contributed by atoms with Crippen LogP contribution in [0, 0.1) is 0 Å². The molecule has 1 saturated carbocycles. The Hall–Kier alpha value is -2.11. The van der Waals surface area contributed by atoms with E-state index in [1.165, 1.54) is 13.3 Å². The maximum atomic E-state index is 11.5. The lowest BCUT2D eigenvalue weighted by atomic mass is 9.79. The van der Waals surface area contributed by atoms with E-state index in [-0.39, 0.29) is 12.1 Å². The summed E-state index contributed by atoms with van der Waals surface area (Å²) in [7, 11) is 1.30. The Labute approximate surface area is 123 Å². The Balaban J connectivity index is 2.20. The van der Waals surface area contributed by atoms with Crippen LogP contribution in [0.1, 0.15) is 49.0 Å². The number of aromatic nitrogens is 1. The normalized spacial score (nSPS) is 17.0. The molecule has 1 heterocycles. The molecule has 21 heavy (non-hydrogen) atoms. The molecule has 0 aliphatic heterocycles. The van der Waals surface area contributed by atoms with Crippen molar-refractivity contribution in [3.8, 4) is 0 Å². The van der Waals surface area contributed by atoms with Crippen LogP contribution in [0.3, 0.4) is 0 Å². The second kappa shape index (κ2) is 6.56. The molecule has 1 aliphatic rings. The molecule has 0 bridgehead atoms. The number of methoxy groups -OCH3 is 1. The van der Waals surface area contributed by atoms with E-state index in [0.717, 1.165) is 32.1 Å². The molecule has 0 amide bonds. The number of nitrogens with zero attached hydrogens (tertiary/aromatic N) is 1. The minimum absolute atomic E-state index is 0.0723. The summed E-state index contributed by atoms with van der Waals surface area (Å²) in [5.41, 5.74) is 0.469. The topological polar surface area (TPSA) is 88.5 Å². The molecule has 0 spiro atoms. The zero-order chi connectivity index (χ0) is 15.3. The third kappa shape index (κ3) is 3.93. The Morgan fingerprint density at radius 2 is 2.10 bits per heavy atom. The van der Waals surface area contributed by atoms with Crippen molar-refractivity contribution in [2.24, 2.45) is 0 Å². The van der Waals surface area contributed by atoms with Gasteiger partial charge in [-0.15, -0.1) is 0 Å². The molecule has 1 fully saturated rings. The van der Waals surface area contributed by atoms with Crippen molar-refractivity contribution in [1.29, 1.82) is 0 Å². The minimum atomic E-state index is -0.813. The highest BCUT2D eigenvalue weighted by Crippen LogP contribution is 2.34. The first-order valence-corrected chi connectivity index (χ1v) is 7.09. The number of anilines is 1. The van der Waals surface area contributed by atoms with Gasteiger partial charge in [0.15, 0.2) is 0 Å². The van der Waals surface area contributed by atoms with Crippen LogP contribution in [0.5, 0.6) is 0 Å². The van der Waals surface area contributed by atoms with Gasteiger partial charge >= 0.3 is 11.9 Å². The van der Waals surface area contributed by atoms with Crippen LogP contribution in [0.15, 0.2) is 18.3 Å². The summed E-state index contributed by atoms with van der Waals surface area (Å²) in [5.74, 6) is -1.32. The number of rotatable bonds is 5. The molecule has 1 aromatic heterocycles. The van der Waals surface area contributed by atoms with Gasteiger partial charge in [0.1, 0.15) is 5.69 Å². The van der Waals surface area contributed by atoms with Gasteiger partial charge in [-0.3, -0.25) is 4.79 Å². The third-order valence-corrected chi connectivity index (χ3v) is 3.86. The number of carboxylic acids is 1. The van der Waals surface area contributed by atoms with Crippen LogP contribution >= 0.6 is 0 Å². The van der Waals surface area contributed by atoms with Crippen molar-refractivity contribution < 1.29 is 19.4 Å². The fourth-order valence-electron chi connectivity index (χ4n) is 2.89. The van der Waals surface area contributed by atoms with Crippen molar-refractivity contribution in [2.75, 3.05) is 12.4 Å². The quantitative estimate of drug-likeness (QED) is 0.810. The van der Waals surface area contributed by atoms with Crippen LogP contribution in [0.2, 0.25) is 0 Å². The molecule has 1 aromatic rings. The number of aliphatic carboxylic acids is 1. The van der Waals surface area contributed by atoms with E-state index >= 15 is 0 Å². The molecule has 0 unspecified atom stereocenters. The van der Waals surface area contributed by atoms with Crippen LogP contribution < -0.4 is 5.32 Å². The van der Waals surface area contributed by atoms with Crippen molar-refractivity contribution in [1.82, 2.24) is 4.98 Å². The first-order chi connectivity index (χ1) is 10.0. The van der Waals surface area contributed by atoms with Crippen LogP contribution in [-0.4, -0.2) is 34.7 Å². The van der Waals surface area contributed by atoms with E-state index < -0.39 is 17.5 Å². The highest BCUT2D eigenvalue weighted by Gasteiger charge is 2.34. The van der Waals surface area contributed by atoms with Crippen molar-refractivity contribution in [2.45, 2.75) is 44.1 Å². The number of carbonyl (C=O) groups is 2. The average molecular weight is 292 g/mol. The van der Waals surface area contributed by atoms with E-state index in [4.69, 9.17) is 5.11 Å². The maximum absolute atomic E-state index is 11.5. The summed E-state index contributed by atoms with van der Waals surface area (Å²) in [5, 5.41) is 12.5. The van der Waals surface area contributed by atoms with Gasteiger partial charge in [0.25, 0.3) is 0 Å². The Kier molecular flexibility index (Phi) is 4.77. The van der Waals surface area contributed by atoms with Gasteiger partial charge in [-0.2, -0.15) is 0 Å². The van der Waals surface area contributed by atoms with Crippen LogP contribution in [0.4, 0.5) is 5.69 Å². The molecule has 6 heteroatoms. The van der Waals surface area contributed by atoms with E-state index in [0.29, 0.717) is 5.69 Å². The molecule has 2 rings (SSSR count). The van der Waals surface area contributed by atoms with Gasteiger partial charge in [0.2, 0.25) is 0 Å². The smallest absolute Gasteiger partial charge is 0.356 e. The van der Waals surface area contributed by atoms with Gasteiger partial charge in [-0.1, -0.05) is 19.3 Å². The monoisotopic (exact) mass is 292 g/mol. The highest BCUT2D eigenvalue weighted by atomic mass is 16.5. The van der Waals surface area contributed by atoms with E-state index in [1.807, 2.05) is 0 Å². The molecule has 6 nitrogen and oxygen atoms in total. The summed E-state index contributed by atoms with van der Waals surface area (Å²) in [6.07, 6.45) is 6.37. The van der Waals surface area contributed by atoms with Crippen molar-refractivity contribution in [3.05, 3.63) is 24.0 Å². The molecule has 114 valence electrons. The van der Waals surface area contributed by atoms with E-state index in [9.17, 15) is 9.59 Å². The summed E-state index contributed by atoms with van der Waals surface area (Å²) < 4.78 is 4.65. The predicted octanol–water partition coefficient (Wildman–Crippen LogP) is 2.46. The molecule has 0 saturated heterocycles. The lowest BCUT2D eigenvalue weighted by molar-refractivity contribution is -0.138. The van der Waals surface area contributed by atoms with E-state index in [1.54, 1.807) is 12.1 Å². The van der Waals surface area contributed by atoms with Gasteiger partial charge < -0.3 is 15.2 Å². The number of pyridine rings is 1. The molecule has 0 aromatic carbocycles. The third-order valence-electron chi connectivity index (χ3n) is 3.86.